The summed E-state index contributed by atoms with van der Waals surface area (Å²) in [5.74, 6) is -0.517. The van der Waals surface area contributed by atoms with E-state index < -0.39 is 16.2 Å². The summed E-state index contributed by atoms with van der Waals surface area (Å²) in [5, 5.41) is 29.2. The predicted molar refractivity (Wildman–Crippen MR) is 119 cm³/mol. The maximum absolute atomic E-state index is 12.3. The number of phenolic OH excluding ortho intramolecular Hbond substituents is 1. The number of carbonyl (C=O) groups is 1. The van der Waals surface area contributed by atoms with Gasteiger partial charge in [0.1, 0.15) is 11.4 Å². The van der Waals surface area contributed by atoms with Crippen LogP contribution in [-0.4, -0.2) is 38.4 Å². The van der Waals surface area contributed by atoms with Gasteiger partial charge >= 0.3 is 16.2 Å². The number of phenols is 1. The molecule has 0 atom stereocenters. The van der Waals surface area contributed by atoms with Gasteiger partial charge in [0.05, 0.1) is 18.5 Å². The molecule has 0 spiro atoms. The molecule has 0 bridgehead atoms. The van der Waals surface area contributed by atoms with Crippen molar-refractivity contribution in [2.75, 3.05) is 18.0 Å². The van der Waals surface area contributed by atoms with Crippen LogP contribution in [0.2, 0.25) is 0 Å². The van der Waals surface area contributed by atoms with Gasteiger partial charge < -0.3 is 15.1 Å². The number of benzene rings is 3. The third-order valence-electron chi connectivity index (χ3n) is 4.64. The van der Waals surface area contributed by atoms with Crippen LogP contribution in [0, 0.1) is 0 Å². The highest BCUT2D eigenvalue weighted by molar-refractivity contribution is 7.90. The first-order valence-electron chi connectivity index (χ1n) is 9.58. The first kappa shape index (κ1) is 23.1. The van der Waals surface area contributed by atoms with Gasteiger partial charge in [-0.2, -0.15) is 13.5 Å². The molecule has 11 heteroatoms. The van der Waals surface area contributed by atoms with Gasteiger partial charge in [-0.05, 0) is 36.1 Å². The van der Waals surface area contributed by atoms with E-state index in [9.17, 15) is 18.3 Å². The number of rotatable bonds is 9. The van der Waals surface area contributed by atoms with Crippen molar-refractivity contribution in [1.82, 2.24) is 4.89 Å². The second-order valence-corrected chi connectivity index (χ2v) is 8.30. The van der Waals surface area contributed by atoms with Crippen molar-refractivity contribution in [3.8, 4) is 5.75 Å². The van der Waals surface area contributed by atoms with E-state index in [1.165, 1.54) is 30.2 Å². The van der Waals surface area contributed by atoms with Crippen LogP contribution in [-0.2, 0) is 19.7 Å². The Morgan fingerprint density at radius 2 is 1.88 bits per heavy atom. The molecular weight excluding hydrogens is 436 g/mol. The summed E-state index contributed by atoms with van der Waals surface area (Å²) in [7, 11) is -3.02. The summed E-state index contributed by atoms with van der Waals surface area (Å²) in [4.78, 5) is 12.6. The quantitative estimate of drug-likeness (QED) is 0.252. The van der Waals surface area contributed by atoms with E-state index in [1.807, 2.05) is 24.3 Å². The maximum Gasteiger partial charge on any atom is 0.323 e. The number of esters is 1. The van der Waals surface area contributed by atoms with E-state index in [1.54, 1.807) is 18.2 Å². The molecule has 0 aliphatic rings. The zero-order chi connectivity index (χ0) is 23.1. The SMILES string of the molecule is COC(=O)CCCN(c1cccc(N=Nc2c(O)ccc3ccccc23)c1)S(=O)(=O)NO. The highest BCUT2D eigenvalue weighted by atomic mass is 32.2. The van der Waals surface area contributed by atoms with Crippen molar-refractivity contribution in [3.05, 3.63) is 60.7 Å². The average molecular weight is 458 g/mol. The van der Waals surface area contributed by atoms with Crippen LogP contribution >= 0.6 is 0 Å². The van der Waals surface area contributed by atoms with E-state index in [0.717, 1.165) is 9.69 Å². The predicted octanol–water partition coefficient (Wildman–Crippen LogP) is 3.94. The smallest absolute Gasteiger partial charge is 0.323 e. The van der Waals surface area contributed by atoms with E-state index >= 15 is 0 Å². The second-order valence-electron chi connectivity index (χ2n) is 6.72. The Morgan fingerprint density at radius 3 is 2.62 bits per heavy atom. The van der Waals surface area contributed by atoms with Crippen molar-refractivity contribution in [3.63, 3.8) is 0 Å². The molecule has 0 aliphatic carbocycles. The van der Waals surface area contributed by atoms with Gasteiger partial charge in [0.25, 0.3) is 0 Å². The molecule has 0 aromatic heterocycles. The lowest BCUT2D eigenvalue weighted by atomic mass is 10.1. The number of hydrogen-bond acceptors (Lipinski definition) is 8. The largest absolute Gasteiger partial charge is 0.506 e. The van der Waals surface area contributed by atoms with Crippen LogP contribution in [0.3, 0.4) is 0 Å². The highest BCUT2D eigenvalue weighted by Gasteiger charge is 2.22. The van der Waals surface area contributed by atoms with E-state index in [-0.39, 0.29) is 36.5 Å². The summed E-state index contributed by atoms with van der Waals surface area (Å²) in [6.45, 7) is -0.0876. The molecule has 168 valence electrons. The molecule has 3 rings (SSSR count). The Morgan fingerprint density at radius 1 is 1.09 bits per heavy atom. The molecule has 3 aromatic rings. The molecule has 10 nitrogen and oxygen atoms in total. The molecule has 3 aromatic carbocycles. The summed E-state index contributed by atoms with van der Waals surface area (Å²) in [5.41, 5.74) is 0.809. The molecule has 0 amide bonds. The van der Waals surface area contributed by atoms with Gasteiger partial charge in [-0.1, -0.05) is 41.3 Å². The van der Waals surface area contributed by atoms with E-state index in [4.69, 9.17) is 5.21 Å². The summed E-state index contributed by atoms with van der Waals surface area (Å²) >= 11 is 0. The fourth-order valence-corrected chi connectivity index (χ4v) is 3.93. The second kappa shape index (κ2) is 10.2. The van der Waals surface area contributed by atoms with E-state index in [2.05, 4.69) is 15.0 Å². The Hall–Kier alpha value is -3.54. The van der Waals surface area contributed by atoms with Gasteiger partial charge in [0.2, 0.25) is 0 Å². The molecule has 32 heavy (non-hydrogen) atoms. The lowest BCUT2D eigenvalue weighted by molar-refractivity contribution is -0.140. The molecule has 0 radical (unpaired) electrons. The molecule has 0 unspecified atom stereocenters. The number of fused-ring (bicyclic) bond motifs is 1. The van der Waals surface area contributed by atoms with Crippen LogP contribution < -0.4 is 9.19 Å². The number of hydrogen-bond donors (Lipinski definition) is 3. The van der Waals surface area contributed by atoms with Crippen LogP contribution in [0.1, 0.15) is 12.8 Å². The molecule has 0 saturated carbocycles. The third-order valence-corrected chi connectivity index (χ3v) is 5.84. The Labute approximate surface area is 184 Å². The fraction of sp³-hybridized carbons (Fsp3) is 0.190. The summed E-state index contributed by atoms with van der Waals surface area (Å²) in [6, 6.07) is 16.8. The monoisotopic (exact) mass is 458 g/mol. The van der Waals surface area contributed by atoms with Crippen molar-refractivity contribution < 1.29 is 28.3 Å². The summed E-state index contributed by atoms with van der Waals surface area (Å²) in [6.07, 6.45) is 0.177. The molecule has 0 aliphatic heterocycles. The molecule has 0 heterocycles. The highest BCUT2D eigenvalue weighted by Crippen LogP contribution is 2.36. The molecule has 3 N–H and O–H groups in total. The van der Waals surface area contributed by atoms with Crippen molar-refractivity contribution in [1.29, 1.82) is 0 Å². The zero-order valence-electron chi connectivity index (χ0n) is 17.2. The van der Waals surface area contributed by atoms with Gasteiger partial charge in [-0.3, -0.25) is 9.10 Å². The molecular formula is C21H22N4O6S. The van der Waals surface area contributed by atoms with Crippen LogP contribution in [0.15, 0.2) is 70.9 Å². The molecule has 0 fully saturated rings. The number of nitrogens with one attached hydrogen (secondary N) is 1. The Bertz CT molecular complexity index is 1250. The lowest BCUT2D eigenvalue weighted by Gasteiger charge is -2.23. The first-order valence-corrected chi connectivity index (χ1v) is 11.0. The number of ether oxygens (including phenoxy) is 1. The van der Waals surface area contributed by atoms with Crippen LogP contribution in [0.4, 0.5) is 17.1 Å². The zero-order valence-corrected chi connectivity index (χ0v) is 18.0. The number of azo groups is 1. The van der Waals surface area contributed by atoms with Gasteiger partial charge in [-0.25, -0.2) is 0 Å². The minimum absolute atomic E-state index is 0.00764. The third kappa shape index (κ3) is 5.38. The topological polar surface area (TPSA) is 141 Å². The minimum atomic E-state index is -4.26. The number of aromatic hydroxyl groups is 1. The average Bonchev–Trinajstić information content (AvgIpc) is 2.81. The maximum atomic E-state index is 12.3. The fourth-order valence-electron chi connectivity index (χ4n) is 3.07. The molecule has 0 saturated heterocycles. The normalized spacial score (nSPS) is 11.7. The summed E-state index contributed by atoms with van der Waals surface area (Å²) < 4.78 is 30.0. The van der Waals surface area contributed by atoms with Gasteiger partial charge in [0, 0.05) is 18.4 Å². The first-order chi connectivity index (χ1) is 15.4. The Balaban J connectivity index is 1.91. The minimum Gasteiger partial charge on any atom is -0.506 e. The van der Waals surface area contributed by atoms with Crippen molar-refractivity contribution in [2.45, 2.75) is 12.8 Å². The number of nitrogens with zero attached hydrogens (tertiary/aromatic N) is 3. The van der Waals surface area contributed by atoms with Gasteiger partial charge in [-0.15, -0.1) is 5.11 Å². The number of methoxy groups -OCH3 is 1. The van der Waals surface area contributed by atoms with Crippen molar-refractivity contribution >= 4 is 44.0 Å². The van der Waals surface area contributed by atoms with E-state index in [0.29, 0.717) is 11.1 Å². The number of carbonyl (C=O) groups excluding carboxylic acids is 1. The Kier molecular flexibility index (Phi) is 7.36. The number of anilines is 1. The van der Waals surface area contributed by atoms with Crippen LogP contribution in [0.5, 0.6) is 5.75 Å². The standard InChI is InChI=1S/C21H22N4O6S/c1-31-20(27)10-5-13-25(32(29,30)24-28)17-8-4-7-16(14-17)22-23-21-18-9-3-2-6-15(18)11-12-19(21)26/h2-4,6-9,11-12,14,24,26,28H,5,10,13H2,1H3. The van der Waals surface area contributed by atoms with Crippen molar-refractivity contribution in [2.24, 2.45) is 10.2 Å². The van der Waals surface area contributed by atoms with Crippen LogP contribution in [0.25, 0.3) is 10.8 Å². The lowest BCUT2D eigenvalue weighted by Crippen LogP contribution is -2.40. The van der Waals surface area contributed by atoms with Gasteiger partial charge in [0.15, 0.2) is 0 Å².